The Kier molecular flexibility index (Phi) is 7.41. The molecule has 1 atom stereocenters. The highest BCUT2D eigenvalue weighted by molar-refractivity contribution is 6.00. The molecule has 4 aliphatic rings. The van der Waals surface area contributed by atoms with Crippen molar-refractivity contribution in [1.29, 1.82) is 0 Å². The van der Waals surface area contributed by atoms with E-state index >= 15 is 0 Å². The molecule has 10 heteroatoms. The van der Waals surface area contributed by atoms with Crippen molar-refractivity contribution in [2.75, 3.05) is 43.4 Å². The van der Waals surface area contributed by atoms with Crippen molar-refractivity contribution in [3.63, 3.8) is 0 Å². The maximum Gasteiger partial charge on any atom is 0.261 e. The molecule has 10 nitrogen and oxygen atoms in total. The molecule has 0 unspecified atom stereocenters. The van der Waals surface area contributed by atoms with Gasteiger partial charge in [0.2, 0.25) is 0 Å². The predicted octanol–water partition coefficient (Wildman–Crippen LogP) is 5.63. The predicted molar refractivity (Wildman–Crippen MR) is 173 cm³/mol. The molecule has 3 saturated heterocycles. The van der Waals surface area contributed by atoms with Crippen molar-refractivity contribution in [2.45, 2.75) is 50.1 Å². The Balaban J connectivity index is 1.22. The fourth-order valence-corrected chi connectivity index (χ4v) is 7.08. The molecule has 0 spiro atoms. The number of aliphatic hydroxyl groups excluding tert-OH is 1. The van der Waals surface area contributed by atoms with E-state index in [1.54, 1.807) is 12.3 Å². The monoisotopic (exact) mass is 605 g/mol. The summed E-state index contributed by atoms with van der Waals surface area (Å²) >= 11 is 0. The third kappa shape index (κ3) is 5.17. The van der Waals surface area contributed by atoms with E-state index in [4.69, 9.17) is 14.5 Å². The average molecular weight is 606 g/mol. The number of amides is 1. The van der Waals surface area contributed by atoms with E-state index in [1.807, 2.05) is 73.3 Å². The first kappa shape index (κ1) is 29.2. The Morgan fingerprint density at radius 3 is 2.53 bits per heavy atom. The van der Waals surface area contributed by atoms with E-state index in [2.05, 4.69) is 27.3 Å². The summed E-state index contributed by atoms with van der Waals surface area (Å²) in [6.07, 6.45) is 6.59. The molecule has 232 valence electrons. The quantitative estimate of drug-likeness (QED) is 0.198. The summed E-state index contributed by atoms with van der Waals surface area (Å²) in [5.41, 5.74) is 4.26. The van der Waals surface area contributed by atoms with Crippen LogP contribution in [-0.4, -0.2) is 68.7 Å². The third-order valence-corrected chi connectivity index (χ3v) is 9.88. The van der Waals surface area contributed by atoms with E-state index in [0.717, 1.165) is 61.5 Å². The summed E-state index contributed by atoms with van der Waals surface area (Å²) in [7, 11) is 0. The van der Waals surface area contributed by atoms with Crippen molar-refractivity contribution in [1.82, 2.24) is 24.9 Å². The Bertz CT molecular complexity index is 1710. The third-order valence-electron chi connectivity index (χ3n) is 9.88. The normalized spacial score (nSPS) is 22.2. The number of fused-ring (bicyclic) bond motifs is 4. The molecule has 4 aliphatic heterocycles. The van der Waals surface area contributed by atoms with Gasteiger partial charge in [0.1, 0.15) is 5.82 Å². The highest BCUT2D eigenvalue weighted by Crippen LogP contribution is 2.43. The van der Waals surface area contributed by atoms with Crippen LogP contribution in [0.5, 0.6) is 0 Å². The highest BCUT2D eigenvalue weighted by Gasteiger charge is 2.44. The topological polar surface area (TPSA) is 120 Å². The number of anilines is 3. The van der Waals surface area contributed by atoms with Gasteiger partial charge in [-0.1, -0.05) is 41.6 Å². The summed E-state index contributed by atoms with van der Waals surface area (Å²) in [6.45, 7) is 11.5. The number of benzene rings is 2. The highest BCUT2D eigenvalue weighted by atomic mass is 16.5. The number of rotatable bonds is 10. The number of pyridine rings is 1. The van der Waals surface area contributed by atoms with Gasteiger partial charge < -0.3 is 30.1 Å². The molecule has 0 aliphatic carbocycles. The van der Waals surface area contributed by atoms with E-state index < -0.39 is 5.54 Å². The standard InChI is InChI=1S/C35H39N7O3/c1-4-15-42-32(44)25-11-10-24(19-27(25)34(42,2)3)37-30-20-28(38-29(22-43)23-8-6-5-7-9-23)26(21-36-30)31-39-33(40-45-31)35-12-16-41(17-13-35)18-14-35/h4-11,19-21,29,43H,1,12-18,22H2,2-3H3,(H2,36,37,38)/t29-/m1/s1. The van der Waals surface area contributed by atoms with Crippen LogP contribution in [0.2, 0.25) is 0 Å². The van der Waals surface area contributed by atoms with E-state index in [1.165, 1.54) is 0 Å². The van der Waals surface area contributed by atoms with Crippen LogP contribution < -0.4 is 10.6 Å². The second-order valence-electron chi connectivity index (χ2n) is 12.8. The molecule has 45 heavy (non-hydrogen) atoms. The first-order valence-electron chi connectivity index (χ1n) is 15.6. The van der Waals surface area contributed by atoms with Gasteiger partial charge in [-0.05, 0) is 82.1 Å². The number of carbonyl (C=O) groups is 1. The smallest absolute Gasteiger partial charge is 0.261 e. The lowest BCUT2D eigenvalue weighted by Crippen LogP contribution is -2.51. The number of hydrogen-bond donors (Lipinski definition) is 3. The van der Waals surface area contributed by atoms with Gasteiger partial charge in [0.05, 0.1) is 29.4 Å². The van der Waals surface area contributed by atoms with Gasteiger partial charge in [-0.3, -0.25) is 4.79 Å². The van der Waals surface area contributed by atoms with Gasteiger partial charge in [0.15, 0.2) is 5.82 Å². The van der Waals surface area contributed by atoms with Crippen molar-refractivity contribution in [2.24, 2.45) is 0 Å². The maximum absolute atomic E-state index is 13.1. The van der Waals surface area contributed by atoms with Crippen molar-refractivity contribution in [3.05, 3.63) is 96.0 Å². The average Bonchev–Trinajstić information content (AvgIpc) is 3.64. The van der Waals surface area contributed by atoms with Gasteiger partial charge in [-0.2, -0.15) is 4.98 Å². The molecular formula is C35H39N7O3. The minimum Gasteiger partial charge on any atom is -0.394 e. The second-order valence-corrected chi connectivity index (χ2v) is 12.8. The van der Waals surface area contributed by atoms with Crippen LogP contribution in [0.3, 0.4) is 0 Å². The first-order chi connectivity index (χ1) is 21.8. The fourth-order valence-electron chi connectivity index (χ4n) is 7.08. The molecule has 2 bridgehead atoms. The van der Waals surface area contributed by atoms with Crippen molar-refractivity contribution in [3.8, 4) is 11.5 Å². The number of aliphatic hydroxyl groups is 1. The Morgan fingerprint density at radius 1 is 1.07 bits per heavy atom. The number of hydrogen-bond acceptors (Lipinski definition) is 9. The maximum atomic E-state index is 13.1. The lowest BCUT2D eigenvalue weighted by molar-refractivity contribution is 0.0652. The molecule has 8 rings (SSSR count). The zero-order chi connectivity index (χ0) is 31.2. The van der Waals surface area contributed by atoms with Crippen LogP contribution in [0.4, 0.5) is 17.2 Å². The molecule has 3 fully saturated rings. The van der Waals surface area contributed by atoms with Crippen LogP contribution in [-0.2, 0) is 11.0 Å². The summed E-state index contributed by atoms with van der Waals surface area (Å²) in [5.74, 6) is 1.77. The van der Waals surface area contributed by atoms with Gasteiger partial charge in [0, 0.05) is 35.5 Å². The molecule has 2 aromatic carbocycles. The molecule has 3 N–H and O–H groups in total. The molecule has 1 amide bonds. The van der Waals surface area contributed by atoms with E-state index in [0.29, 0.717) is 35.1 Å². The molecule has 0 radical (unpaired) electrons. The van der Waals surface area contributed by atoms with Crippen LogP contribution in [0.25, 0.3) is 11.5 Å². The SMILES string of the molecule is C=CCN1C(=O)c2ccc(Nc3cc(N[C@H](CO)c4ccccc4)c(-c4nc(C56CCN(CC5)CC6)no4)cn3)cc2C1(C)C. The summed E-state index contributed by atoms with van der Waals surface area (Å²) in [6, 6.07) is 17.1. The summed E-state index contributed by atoms with van der Waals surface area (Å²) in [5, 5.41) is 21.8. The van der Waals surface area contributed by atoms with E-state index in [9.17, 15) is 9.90 Å². The van der Waals surface area contributed by atoms with Crippen molar-refractivity contribution < 1.29 is 14.4 Å². The van der Waals surface area contributed by atoms with E-state index in [-0.39, 0.29) is 24.0 Å². The van der Waals surface area contributed by atoms with Gasteiger partial charge in [-0.25, -0.2) is 4.98 Å². The minimum absolute atomic E-state index is 0.00335. The largest absolute Gasteiger partial charge is 0.394 e. The number of piperidine rings is 3. The number of carbonyl (C=O) groups excluding carboxylic acids is 1. The molecule has 4 aromatic rings. The Morgan fingerprint density at radius 2 is 1.82 bits per heavy atom. The van der Waals surface area contributed by atoms with Gasteiger partial charge in [-0.15, -0.1) is 6.58 Å². The molecule has 0 saturated carbocycles. The summed E-state index contributed by atoms with van der Waals surface area (Å²) < 4.78 is 5.90. The van der Waals surface area contributed by atoms with Crippen LogP contribution in [0, 0.1) is 0 Å². The van der Waals surface area contributed by atoms with Crippen LogP contribution >= 0.6 is 0 Å². The van der Waals surface area contributed by atoms with Gasteiger partial charge >= 0.3 is 0 Å². The lowest BCUT2D eigenvalue weighted by Gasteiger charge is -2.46. The van der Waals surface area contributed by atoms with Crippen LogP contribution in [0.15, 0.2) is 78.0 Å². The zero-order valence-electron chi connectivity index (χ0n) is 25.8. The number of aromatic nitrogens is 3. The molecule has 6 heterocycles. The molecule has 2 aromatic heterocycles. The lowest BCUT2D eigenvalue weighted by atomic mass is 9.71. The number of nitrogens with one attached hydrogen (secondary N) is 2. The minimum atomic E-state index is -0.476. The second kappa shape index (κ2) is 11.4. The van der Waals surface area contributed by atoms with Crippen LogP contribution in [0.1, 0.15) is 66.5 Å². The zero-order valence-corrected chi connectivity index (χ0v) is 25.8. The molecular weight excluding hydrogens is 566 g/mol. The van der Waals surface area contributed by atoms with Gasteiger partial charge in [0.25, 0.3) is 11.8 Å². The Labute approximate surface area is 263 Å². The number of nitrogens with zero attached hydrogens (tertiary/aromatic N) is 5. The summed E-state index contributed by atoms with van der Waals surface area (Å²) in [4.78, 5) is 27.1. The fraction of sp³-hybridized carbons (Fsp3) is 0.371. The van der Waals surface area contributed by atoms with Crippen molar-refractivity contribution >= 4 is 23.1 Å². The first-order valence-corrected chi connectivity index (χ1v) is 15.6. The Hall–Kier alpha value is -4.54.